The first-order valence-electron chi connectivity index (χ1n) is 5.93. The van der Waals surface area contributed by atoms with Crippen LogP contribution in [0.4, 0.5) is 4.79 Å². The van der Waals surface area contributed by atoms with E-state index in [1.807, 2.05) is 0 Å². The van der Waals surface area contributed by atoms with E-state index in [1.54, 1.807) is 6.92 Å². The first kappa shape index (κ1) is 15.6. The summed E-state index contributed by atoms with van der Waals surface area (Å²) in [5, 5.41) is 11.4. The van der Waals surface area contributed by atoms with Gasteiger partial charge in [0.1, 0.15) is 12.1 Å². The van der Waals surface area contributed by atoms with E-state index in [-0.39, 0.29) is 24.8 Å². The van der Waals surface area contributed by atoms with Gasteiger partial charge in [0.15, 0.2) is 0 Å². The van der Waals surface area contributed by atoms with E-state index in [4.69, 9.17) is 9.84 Å². The number of ether oxygens (including phenoxy) is 1. The van der Waals surface area contributed by atoms with Gasteiger partial charge in [0.25, 0.3) is 0 Å². The zero-order valence-corrected chi connectivity index (χ0v) is 11.7. The van der Waals surface area contributed by atoms with E-state index in [1.165, 1.54) is 11.9 Å². The van der Waals surface area contributed by atoms with Crippen molar-refractivity contribution in [3.8, 4) is 0 Å². The second kappa shape index (κ2) is 6.65. The molecule has 3 atom stereocenters. The fraction of sp³-hybridized carbons (Fsp3) is 0.727. The highest BCUT2D eigenvalue weighted by atomic mass is 32.1. The lowest BCUT2D eigenvalue weighted by atomic mass is 10.1. The first-order chi connectivity index (χ1) is 8.90. The Labute approximate surface area is 116 Å². The molecule has 2 amide bonds. The maximum atomic E-state index is 12.0. The van der Waals surface area contributed by atoms with Gasteiger partial charge in [0, 0.05) is 25.1 Å². The van der Waals surface area contributed by atoms with Crippen LogP contribution < -0.4 is 5.32 Å². The molecule has 0 aromatic heterocycles. The van der Waals surface area contributed by atoms with Crippen LogP contribution in [0.2, 0.25) is 0 Å². The maximum Gasteiger partial charge on any atom is 0.407 e. The van der Waals surface area contributed by atoms with E-state index < -0.39 is 24.2 Å². The Kier molecular flexibility index (Phi) is 5.46. The van der Waals surface area contributed by atoms with E-state index >= 15 is 0 Å². The van der Waals surface area contributed by atoms with Gasteiger partial charge in [0.2, 0.25) is 5.91 Å². The zero-order chi connectivity index (χ0) is 14.6. The standard InChI is InChI=1S/C11H18N2O5S/c1-6(5-19)9(14)13-4-7(18-11(17)12-2)3-8(13)10(15)16/h6-8,19H,3-5H2,1-2H3,(H,12,17)(H,15,16)/t6?,7?,8-/m0/s1. The summed E-state index contributed by atoms with van der Waals surface area (Å²) in [5.74, 6) is -1.42. The number of thiol groups is 1. The Morgan fingerprint density at radius 3 is 2.63 bits per heavy atom. The Bertz CT molecular complexity index is 376. The topological polar surface area (TPSA) is 95.9 Å². The van der Waals surface area contributed by atoms with Crippen LogP contribution in [-0.2, 0) is 14.3 Å². The Balaban J connectivity index is 2.76. The summed E-state index contributed by atoms with van der Waals surface area (Å²) in [6.45, 7) is 1.78. The molecule has 0 spiro atoms. The quantitative estimate of drug-likeness (QED) is 0.632. The lowest BCUT2D eigenvalue weighted by molar-refractivity contribution is -0.149. The number of aliphatic carboxylic acids is 1. The van der Waals surface area contributed by atoms with Gasteiger partial charge in [-0.1, -0.05) is 6.92 Å². The molecule has 7 nitrogen and oxygen atoms in total. The molecule has 0 aromatic rings. The van der Waals surface area contributed by atoms with Crippen molar-refractivity contribution in [1.29, 1.82) is 0 Å². The van der Waals surface area contributed by atoms with Crippen LogP contribution in [0.25, 0.3) is 0 Å². The first-order valence-corrected chi connectivity index (χ1v) is 6.56. The SMILES string of the molecule is CNC(=O)OC1C[C@@H](C(=O)O)N(C(=O)C(C)CS)C1. The molecule has 1 fully saturated rings. The number of rotatable bonds is 4. The minimum absolute atomic E-state index is 0.0985. The third kappa shape index (κ3) is 3.76. The summed E-state index contributed by atoms with van der Waals surface area (Å²) >= 11 is 4.03. The maximum absolute atomic E-state index is 12.0. The normalized spacial score (nSPS) is 23.8. The highest BCUT2D eigenvalue weighted by Gasteiger charge is 2.42. The summed E-state index contributed by atoms with van der Waals surface area (Å²) < 4.78 is 5.01. The fourth-order valence-electron chi connectivity index (χ4n) is 1.93. The van der Waals surface area contributed by atoms with Crippen molar-refractivity contribution in [3.63, 3.8) is 0 Å². The van der Waals surface area contributed by atoms with E-state index in [9.17, 15) is 14.4 Å². The average Bonchev–Trinajstić information content (AvgIpc) is 2.80. The van der Waals surface area contributed by atoms with Crippen LogP contribution in [-0.4, -0.2) is 59.5 Å². The minimum Gasteiger partial charge on any atom is -0.480 e. The molecule has 2 unspecified atom stereocenters. The highest BCUT2D eigenvalue weighted by molar-refractivity contribution is 7.80. The molecule has 1 aliphatic heterocycles. The number of carbonyl (C=O) groups is 3. The van der Waals surface area contributed by atoms with E-state index in [2.05, 4.69) is 17.9 Å². The third-order valence-electron chi connectivity index (χ3n) is 3.00. The number of amides is 2. The number of nitrogens with zero attached hydrogens (tertiary/aromatic N) is 1. The van der Waals surface area contributed by atoms with Crippen molar-refractivity contribution in [2.75, 3.05) is 19.3 Å². The molecule has 8 heteroatoms. The molecular formula is C11H18N2O5S. The summed E-state index contributed by atoms with van der Waals surface area (Å²) in [7, 11) is 1.41. The average molecular weight is 290 g/mol. The summed E-state index contributed by atoms with van der Waals surface area (Å²) in [6.07, 6.45) is -1.13. The number of likely N-dealkylation sites (tertiary alicyclic amines) is 1. The van der Waals surface area contributed by atoms with Crippen LogP contribution >= 0.6 is 12.6 Å². The minimum atomic E-state index is -1.09. The molecule has 0 bridgehead atoms. The molecule has 1 aliphatic rings. The number of carboxylic acids is 1. The van der Waals surface area contributed by atoms with Crippen LogP contribution in [0.15, 0.2) is 0 Å². The summed E-state index contributed by atoms with van der Waals surface area (Å²) in [5.41, 5.74) is 0. The van der Waals surface area contributed by atoms with Crippen LogP contribution in [0.1, 0.15) is 13.3 Å². The molecule has 0 radical (unpaired) electrons. The Morgan fingerprint density at radius 2 is 2.16 bits per heavy atom. The molecule has 1 saturated heterocycles. The molecule has 0 saturated carbocycles. The van der Waals surface area contributed by atoms with Crippen molar-refractivity contribution < 1.29 is 24.2 Å². The van der Waals surface area contributed by atoms with Gasteiger partial charge >= 0.3 is 12.1 Å². The van der Waals surface area contributed by atoms with Crippen molar-refractivity contribution in [2.45, 2.75) is 25.5 Å². The van der Waals surface area contributed by atoms with Gasteiger partial charge in [-0.25, -0.2) is 9.59 Å². The number of alkyl carbamates (subject to hydrolysis) is 1. The Morgan fingerprint density at radius 1 is 1.53 bits per heavy atom. The number of carbonyl (C=O) groups excluding carboxylic acids is 2. The second-order valence-corrected chi connectivity index (χ2v) is 4.81. The largest absolute Gasteiger partial charge is 0.480 e. The fourth-order valence-corrected chi connectivity index (χ4v) is 2.09. The van der Waals surface area contributed by atoms with E-state index in [0.29, 0.717) is 5.75 Å². The highest BCUT2D eigenvalue weighted by Crippen LogP contribution is 2.23. The van der Waals surface area contributed by atoms with Crippen LogP contribution in [0, 0.1) is 5.92 Å². The number of hydrogen-bond acceptors (Lipinski definition) is 5. The molecule has 1 heterocycles. The third-order valence-corrected chi connectivity index (χ3v) is 3.55. The smallest absolute Gasteiger partial charge is 0.407 e. The van der Waals surface area contributed by atoms with Gasteiger partial charge in [0.05, 0.1) is 6.54 Å². The number of carboxylic acid groups (broad SMARTS) is 1. The lowest BCUT2D eigenvalue weighted by Crippen LogP contribution is -2.43. The Hall–Kier alpha value is -1.44. The van der Waals surface area contributed by atoms with Gasteiger partial charge < -0.3 is 20.1 Å². The molecule has 1 rings (SSSR count). The summed E-state index contributed by atoms with van der Waals surface area (Å²) in [6, 6.07) is -0.954. The predicted octanol–water partition coefficient (Wildman–Crippen LogP) is -0.0376. The van der Waals surface area contributed by atoms with Crippen LogP contribution in [0.3, 0.4) is 0 Å². The number of hydrogen-bond donors (Lipinski definition) is 3. The number of nitrogens with one attached hydrogen (secondary N) is 1. The zero-order valence-electron chi connectivity index (χ0n) is 10.8. The molecule has 108 valence electrons. The van der Waals surface area contributed by atoms with Gasteiger partial charge in [-0.3, -0.25) is 4.79 Å². The lowest BCUT2D eigenvalue weighted by Gasteiger charge is -2.23. The van der Waals surface area contributed by atoms with Crippen molar-refractivity contribution in [1.82, 2.24) is 10.2 Å². The molecule has 2 N–H and O–H groups in total. The molecule has 0 aromatic carbocycles. The van der Waals surface area contributed by atoms with E-state index in [0.717, 1.165) is 0 Å². The predicted molar refractivity (Wildman–Crippen MR) is 70.1 cm³/mol. The van der Waals surface area contributed by atoms with Gasteiger partial charge in [-0.2, -0.15) is 12.6 Å². The summed E-state index contributed by atoms with van der Waals surface area (Å²) in [4.78, 5) is 35.6. The van der Waals surface area contributed by atoms with Crippen molar-refractivity contribution in [3.05, 3.63) is 0 Å². The van der Waals surface area contributed by atoms with Crippen LogP contribution in [0.5, 0.6) is 0 Å². The molecule has 0 aliphatic carbocycles. The van der Waals surface area contributed by atoms with Crippen molar-refractivity contribution >= 4 is 30.6 Å². The molecule has 19 heavy (non-hydrogen) atoms. The monoisotopic (exact) mass is 290 g/mol. The second-order valence-electron chi connectivity index (χ2n) is 4.44. The molecular weight excluding hydrogens is 272 g/mol. The van der Waals surface area contributed by atoms with Gasteiger partial charge in [-0.15, -0.1) is 0 Å². The van der Waals surface area contributed by atoms with Crippen molar-refractivity contribution in [2.24, 2.45) is 5.92 Å². The van der Waals surface area contributed by atoms with Gasteiger partial charge in [-0.05, 0) is 0 Å².